The van der Waals surface area contributed by atoms with E-state index >= 15 is 0 Å². The van der Waals surface area contributed by atoms with Crippen molar-refractivity contribution in [1.29, 1.82) is 0 Å². The molecule has 0 aliphatic rings. The van der Waals surface area contributed by atoms with Crippen LogP contribution in [0, 0.1) is 11.6 Å². The summed E-state index contributed by atoms with van der Waals surface area (Å²) in [5, 5.41) is 13.7. The van der Waals surface area contributed by atoms with Gasteiger partial charge in [-0.25, -0.2) is 31.6 Å². The number of aliphatic hydroxyl groups is 1. The van der Waals surface area contributed by atoms with Gasteiger partial charge in [-0.05, 0) is 18.6 Å². The largest absolute Gasteiger partial charge is 0.382 e. The van der Waals surface area contributed by atoms with Crippen molar-refractivity contribution < 1.29 is 22.3 Å². The molecule has 1 aromatic heterocycles. The van der Waals surface area contributed by atoms with Crippen molar-refractivity contribution in [1.82, 2.24) is 19.5 Å². The molecule has 0 saturated carbocycles. The van der Waals surface area contributed by atoms with Gasteiger partial charge in [0, 0.05) is 18.2 Å². The molecule has 2 N–H and O–H groups in total. The van der Waals surface area contributed by atoms with E-state index in [-0.39, 0.29) is 12.1 Å². The summed E-state index contributed by atoms with van der Waals surface area (Å²) in [7, 11) is -4.12. The second kappa shape index (κ2) is 8.36. The highest BCUT2D eigenvalue weighted by atomic mass is 32.2. The first-order valence-electron chi connectivity index (χ1n) is 8.75. The van der Waals surface area contributed by atoms with Crippen LogP contribution in [0.2, 0.25) is 0 Å². The fraction of sp³-hybridized carbons (Fsp3) is 0.263. The number of sulfonamides is 1. The summed E-state index contributed by atoms with van der Waals surface area (Å²) in [5.74, 6) is -1.90. The molecule has 154 valence electrons. The highest BCUT2D eigenvalue weighted by molar-refractivity contribution is 7.90. The third kappa shape index (κ3) is 4.66. The number of rotatable bonds is 8. The van der Waals surface area contributed by atoms with Crippen molar-refractivity contribution in [3.63, 3.8) is 0 Å². The van der Waals surface area contributed by atoms with E-state index in [1.807, 2.05) is 0 Å². The summed E-state index contributed by atoms with van der Waals surface area (Å²) in [4.78, 5) is 3.76. The molecule has 0 spiro atoms. The molecular weight excluding hydrogens is 402 g/mol. The fourth-order valence-corrected chi connectivity index (χ4v) is 4.33. The monoisotopic (exact) mass is 422 g/mol. The predicted molar refractivity (Wildman–Crippen MR) is 102 cm³/mol. The molecule has 0 bridgehead atoms. The Labute approximate surface area is 167 Å². The zero-order chi connectivity index (χ0) is 21.1. The molecule has 0 saturated heterocycles. The standard InChI is InChI=1S/C19H20F2N4O3S/c1-14(29(27,28)24-10-15-5-3-2-4-6-15)19(26,11-25-13-22-12-23-25)17-8-7-16(20)9-18(17)21/h2-9,12-14,24,26H,10-11H2,1H3/t14-,19-/m1/s1. The maximum atomic E-state index is 14.5. The third-order valence-corrected chi connectivity index (χ3v) is 6.59. The average molecular weight is 422 g/mol. The lowest BCUT2D eigenvalue weighted by Crippen LogP contribution is -2.50. The number of nitrogens with zero attached hydrogens (tertiary/aromatic N) is 3. The second-order valence-electron chi connectivity index (χ2n) is 6.64. The van der Waals surface area contributed by atoms with Gasteiger partial charge in [0.15, 0.2) is 0 Å². The minimum absolute atomic E-state index is 0.00117. The van der Waals surface area contributed by atoms with E-state index in [2.05, 4.69) is 14.8 Å². The lowest BCUT2D eigenvalue weighted by molar-refractivity contribution is 0.0107. The van der Waals surface area contributed by atoms with Crippen LogP contribution in [0.4, 0.5) is 8.78 Å². The van der Waals surface area contributed by atoms with Crippen LogP contribution in [0.15, 0.2) is 61.2 Å². The van der Waals surface area contributed by atoms with Gasteiger partial charge in [-0.1, -0.05) is 36.4 Å². The van der Waals surface area contributed by atoms with E-state index in [4.69, 9.17) is 0 Å². The molecule has 10 heteroatoms. The van der Waals surface area contributed by atoms with Crippen LogP contribution in [0.3, 0.4) is 0 Å². The Morgan fingerprint density at radius 3 is 2.55 bits per heavy atom. The Balaban J connectivity index is 1.96. The summed E-state index contributed by atoms with van der Waals surface area (Å²) in [6.07, 6.45) is 2.47. The van der Waals surface area contributed by atoms with Crippen molar-refractivity contribution in [2.75, 3.05) is 0 Å². The number of aromatic nitrogens is 3. The molecule has 0 unspecified atom stereocenters. The number of nitrogens with one attached hydrogen (secondary N) is 1. The van der Waals surface area contributed by atoms with Crippen LogP contribution >= 0.6 is 0 Å². The predicted octanol–water partition coefficient (Wildman–Crippen LogP) is 1.95. The van der Waals surface area contributed by atoms with Crippen LogP contribution in [0.5, 0.6) is 0 Å². The van der Waals surface area contributed by atoms with E-state index in [0.29, 0.717) is 6.07 Å². The molecule has 0 fully saturated rings. The smallest absolute Gasteiger partial charge is 0.217 e. The molecule has 2 aromatic carbocycles. The average Bonchev–Trinajstić information content (AvgIpc) is 3.19. The Morgan fingerprint density at radius 1 is 1.21 bits per heavy atom. The van der Waals surface area contributed by atoms with E-state index < -0.39 is 39.1 Å². The second-order valence-corrected chi connectivity index (χ2v) is 8.72. The first kappa shape index (κ1) is 21.0. The third-order valence-electron chi connectivity index (χ3n) is 4.73. The number of hydrogen-bond acceptors (Lipinski definition) is 5. The van der Waals surface area contributed by atoms with Crippen LogP contribution in [-0.2, 0) is 28.7 Å². The van der Waals surface area contributed by atoms with Gasteiger partial charge < -0.3 is 5.11 Å². The summed E-state index contributed by atoms with van der Waals surface area (Å²) in [6.45, 7) is 0.856. The van der Waals surface area contributed by atoms with Gasteiger partial charge >= 0.3 is 0 Å². The van der Waals surface area contributed by atoms with E-state index in [1.54, 1.807) is 30.3 Å². The molecular formula is C19H20F2N4O3S. The van der Waals surface area contributed by atoms with Crippen LogP contribution in [0.1, 0.15) is 18.1 Å². The molecule has 3 rings (SSSR count). The molecule has 0 radical (unpaired) electrons. The highest BCUT2D eigenvalue weighted by Crippen LogP contribution is 2.33. The van der Waals surface area contributed by atoms with Gasteiger partial charge in [0.2, 0.25) is 10.0 Å². The zero-order valence-electron chi connectivity index (χ0n) is 15.5. The SMILES string of the molecule is C[C@H]([C@](O)(Cn1cncn1)c1ccc(F)cc1F)S(=O)(=O)NCc1ccccc1. The van der Waals surface area contributed by atoms with Crippen molar-refractivity contribution >= 4 is 10.0 Å². The van der Waals surface area contributed by atoms with Gasteiger partial charge in [0.05, 0.1) is 6.54 Å². The molecule has 0 aliphatic heterocycles. The van der Waals surface area contributed by atoms with E-state index in [0.717, 1.165) is 17.7 Å². The lowest BCUT2D eigenvalue weighted by Gasteiger charge is -2.34. The topological polar surface area (TPSA) is 97.1 Å². The number of hydrogen-bond donors (Lipinski definition) is 2. The van der Waals surface area contributed by atoms with Crippen LogP contribution < -0.4 is 4.72 Å². The van der Waals surface area contributed by atoms with Gasteiger partial charge in [-0.15, -0.1) is 0 Å². The summed E-state index contributed by atoms with van der Waals surface area (Å²) >= 11 is 0. The van der Waals surface area contributed by atoms with E-state index in [9.17, 15) is 22.3 Å². The minimum atomic E-state index is -4.12. The zero-order valence-corrected chi connectivity index (χ0v) is 16.4. The Kier molecular flexibility index (Phi) is 6.06. The van der Waals surface area contributed by atoms with Gasteiger partial charge in [-0.2, -0.15) is 5.10 Å². The molecule has 7 nitrogen and oxygen atoms in total. The van der Waals surface area contributed by atoms with Gasteiger partial charge in [0.1, 0.15) is 35.1 Å². The number of benzene rings is 2. The molecule has 0 amide bonds. The van der Waals surface area contributed by atoms with Crippen LogP contribution in [-0.4, -0.2) is 33.5 Å². The summed E-state index contributed by atoms with van der Waals surface area (Å²) in [5.41, 5.74) is -1.88. The summed E-state index contributed by atoms with van der Waals surface area (Å²) in [6, 6.07) is 11.4. The lowest BCUT2D eigenvalue weighted by atomic mass is 9.90. The maximum absolute atomic E-state index is 14.5. The summed E-state index contributed by atoms with van der Waals surface area (Å²) < 4.78 is 57.3. The maximum Gasteiger partial charge on any atom is 0.217 e. The Morgan fingerprint density at radius 2 is 1.93 bits per heavy atom. The fourth-order valence-electron chi connectivity index (χ4n) is 3.00. The van der Waals surface area contributed by atoms with Gasteiger partial charge in [0.25, 0.3) is 0 Å². The normalized spacial score (nSPS) is 15.0. The molecule has 29 heavy (non-hydrogen) atoms. The van der Waals surface area contributed by atoms with Crippen molar-refractivity contribution in [3.05, 3.63) is 83.9 Å². The van der Waals surface area contributed by atoms with Crippen molar-refractivity contribution in [2.24, 2.45) is 0 Å². The quantitative estimate of drug-likeness (QED) is 0.578. The molecule has 3 aromatic rings. The van der Waals surface area contributed by atoms with Crippen LogP contribution in [0.25, 0.3) is 0 Å². The first-order valence-corrected chi connectivity index (χ1v) is 10.3. The molecule has 1 heterocycles. The Bertz CT molecular complexity index is 1060. The van der Waals surface area contributed by atoms with Crippen molar-refractivity contribution in [3.8, 4) is 0 Å². The molecule has 2 atom stereocenters. The number of halogens is 2. The Hall–Kier alpha value is -2.69. The van der Waals surface area contributed by atoms with Gasteiger partial charge in [-0.3, -0.25) is 0 Å². The first-order chi connectivity index (χ1) is 13.7. The minimum Gasteiger partial charge on any atom is -0.382 e. The van der Waals surface area contributed by atoms with E-state index in [1.165, 1.54) is 24.3 Å². The molecule has 0 aliphatic carbocycles. The van der Waals surface area contributed by atoms with Crippen molar-refractivity contribution in [2.45, 2.75) is 30.9 Å². The highest BCUT2D eigenvalue weighted by Gasteiger charge is 2.45.